The number of nitrogen functional groups attached to an aromatic ring is 1. The first kappa shape index (κ1) is 14.3. The summed E-state index contributed by atoms with van der Waals surface area (Å²) in [4.78, 5) is 4.32. The lowest BCUT2D eigenvalue weighted by Crippen LogP contribution is -2.13. The molecule has 3 N–H and O–H groups in total. The van der Waals surface area contributed by atoms with Crippen LogP contribution in [-0.2, 0) is 16.6 Å². The van der Waals surface area contributed by atoms with E-state index in [1.807, 2.05) is 12.3 Å². The van der Waals surface area contributed by atoms with Gasteiger partial charge >= 0.3 is 0 Å². The van der Waals surface area contributed by atoms with E-state index in [-0.39, 0.29) is 10.7 Å². The third-order valence-electron chi connectivity index (χ3n) is 3.24. The van der Waals surface area contributed by atoms with Crippen LogP contribution in [-0.4, -0.2) is 23.2 Å². The fourth-order valence-corrected chi connectivity index (χ4v) is 4.16. The van der Waals surface area contributed by atoms with E-state index in [0.717, 1.165) is 25.0 Å². The monoisotopic (exact) mass is 327 g/mol. The molecule has 0 atom stereocenters. The molecule has 0 amide bonds. The Morgan fingerprint density at radius 2 is 2.29 bits per heavy atom. The number of anilines is 2. The Labute approximate surface area is 127 Å². The SMILES string of the molecule is CCCn1cc(S(=O)(=O)Nc2nc(C3CC3)cs2)c(N)n1. The van der Waals surface area contributed by atoms with Crippen LogP contribution in [0.15, 0.2) is 16.5 Å². The maximum Gasteiger partial charge on any atom is 0.268 e. The lowest BCUT2D eigenvalue weighted by molar-refractivity contribution is 0.595. The molecule has 1 fully saturated rings. The third kappa shape index (κ3) is 3.03. The Morgan fingerprint density at radius 1 is 1.52 bits per heavy atom. The molecule has 0 saturated heterocycles. The first-order chi connectivity index (χ1) is 9.99. The fourth-order valence-electron chi connectivity index (χ4n) is 2.04. The predicted octanol–water partition coefficient (Wildman–Crippen LogP) is 2.01. The highest BCUT2D eigenvalue weighted by molar-refractivity contribution is 7.93. The number of nitrogens with one attached hydrogen (secondary N) is 1. The van der Waals surface area contributed by atoms with Gasteiger partial charge in [-0.2, -0.15) is 5.10 Å². The molecule has 3 rings (SSSR count). The van der Waals surface area contributed by atoms with Crippen molar-refractivity contribution in [1.29, 1.82) is 0 Å². The summed E-state index contributed by atoms with van der Waals surface area (Å²) < 4.78 is 28.7. The molecule has 21 heavy (non-hydrogen) atoms. The van der Waals surface area contributed by atoms with Crippen LogP contribution in [0.1, 0.15) is 37.8 Å². The highest BCUT2D eigenvalue weighted by Crippen LogP contribution is 2.41. The second-order valence-corrected chi connectivity index (χ2v) is 7.61. The van der Waals surface area contributed by atoms with Gasteiger partial charge in [0.1, 0.15) is 4.90 Å². The molecule has 1 aliphatic carbocycles. The molecule has 1 aliphatic rings. The highest BCUT2D eigenvalue weighted by atomic mass is 32.2. The van der Waals surface area contributed by atoms with Crippen LogP contribution >= 0.6 is 11.3 Å². The van der Waals surface area contributed by atoms with Gasteiger partial charge in [0.15, 0.2) is 10.9 Å². The molecule has 1 saturated carbocycles. The van der Waals surface area contributed by atoms with Crippen molar-refractivity contribution in [2.45, 2.75) is 43.5 Å². The Bertz CT molecular complexity index is 746. The summed E-state index contributed by atoms with van der Waals surface area (Å²) >= 11 is 1.29. The largest absolute Gasteiger partial charge is 0.381 e. The van der Waals surface area contributed by atoms with Crippen molar-refractivity contribution in [1.82, 2.24) is 14.8 Å². The van der Waals surface area contributed by atoms with Gasteiger partial charge in [-0.05, 0) is 19.3 Å². The quantitative estimate of drug-likeness (QED) is 0.845. The number of hydrogen-bond acceptors (Lipinski definition) is 6. The summed E-state index contributed by atoms with van der Waals surface area (Å²) in [6.07, 6.45) is 4.57. The van der Waals surface area contributed by atoms with Gasteiger partial charge in [-0.25, -0.2) is 13.4 Å². The zero-order valence-electron chi connectivity index (χ0n) is 11.6. The number of nitrogens with two attached hydrogens (primary N) is 1. The van der Waals surface area contributed by atoms with Gasteiger partial charge in [0.2, 0.25) is 0 Å². The fraction of sp³-hybridized carbons (Fsp3) is 0.500. The molecule has 0 aliphatic heterocycles. The van der Waals surface area contributed by atoms with E-state index in [1.165, 1.54) is 17.5 Å². The summed E-state index contributed by atoms with van der Waals surface area (Å²) in [7, 11) is -3.74. The Kier molecular flexibility index (Phi) is 3.62. The smallest absolute Gasteiger partial charge is 0.268 e. The molecule has 0 aromatic carbocycles. The maximum atomic E-state index is 12.4. The summed E-state index contributed by atoms with van der Waals surface area (Å²) in [5.74, 6) is 0.506. The second kappa shape index (κ2) is 5.30. The van der Waals surface area contributed by atoms with Crippen LogP contribution < -0.4 is 10.5 Å². The van der Waals surface area contributed by atoms with Gasteiger partial charge in [0, 0.05) is 24.0 Å². The van der Waals surface area contributed by atoms with E-state index < -0.39 is 10.0 Å². The van der Waals surface area contributed by atoms with E-state index in [9.17, 15) is 8.42 Å². The molecule has 2 heterocycles. The molecule has 7 nitrogen and oxygen atoms in total. The number of aryl methyl sites for hydroxylation is 1. The van der Waals surface area contributed by atoms with Gasteiger partial charge in [-0.3, -0.25) is 9.40 Å². The minimum absolute atomic E-state index is 0.000813. The van der Waals surface area contributed by atoms with Crippen LogP contribution in [0.5, 0.6) is 0 Å². The molecule has 2 aromatic heterocycles. The van der Waals surface area contributed by atoms with Crippen LogP contribution in [0, 0.1) is 0 Å². The minimum Gasteiger partial charge on any atom is -0.381 e. The molecule has 0 bridgehead atoms. The second-order valence-electron chi connectivity index (χ2n) is 5.10. The average molecular weight is 327 g/mol. The van der Waals surface area contributed by atoms with E-state index in [2.05, 4.69) is 14.8 Å². The first-order valence-corrected chi connectivity index (χ1v) is 9.17. The summed E-state index contributed by atoms with van der Waals surface area (Å²) in [5.41, 5.74) is 6.67. The van der Waals surface area contributed by atoms with Crippen molar-refractivity contribution >= 4 is 32.3 Å². The predicted molar refractivity (Wildman–Crippen MR) is 81.8 cm³/mol. The van der Waals surface area contributed by atoms with Crippen molar-refractivity contribution in [2.75, 3.05) is 10.5 Å². The molecule has 0 unspecified atom stereocenters. The number of thiazole rings is 1. The van der Waals surface area contributed by atoms with Gasteiger partial charge in [0.05, 0.1) is 5.69 Å². The van der Waals surface area contributed by atoms with E-state index in [0.29, 0.717) is 17.6 Å². The Hall–Kier alpha value is -1.61. The lowest BCUT2D eigenvalue weighted by atomic mass is 10.3. The number of aromatic nitrogens is 3. The average Bonchev–Trinajstić information content (AvgIpc) is 3.05. The Balaban J connectivity index is 1.81. The highest BCUT2D eigenvalue weighted by Gasteiger charge is 2.27. The Morgan fingerprint density at radius 3 is 2.95 bits per heavy atom. The molecule has 0 radical (unpaired) electrons. The number of hydrogen-bond donors (Lipinski definition) is 2. The standard InChI is InChI=1S/C12H17N5O2S2/c1-2-5-17-6-10(11(13)15-17)21(18,19)16-12-14-9(7-20-12)8-3-4-8/h6-8H,2-5H2,1H3,(H2,13,15)(H,14,16). The molecule has 0 spiro atoms. The van der Waals surface area contributed by atoms with Crippen molar-refractivity contribution in [2.24, 2.45) is 0 Å². The number of nitrogens with zero attached hydrogens (tertiary/aromatic N) is 3. The molecule has 2 aromatic rings. The first-order valence-electron chi connectivity index (χ1n) is 6.80. The topological polar surface area (TPSA) is 103 Å². The van der Waals surface area contributed by atoms with Gasteiger partial charge in [0.25, 0.3) is 10.0 Å². The summed E-state index contributed by atoms with van der Waals surface area (Å²) in [6, 6.07) is 0. The van der Waals surface area contributed by atoms with Gasteiger partial charge in [-0.15, -0.1) is 11.3 Å². The lowest BCUT2D eigenvalue weighted by Gasteiger charge is -2.02. The zero-order valence-corrected chi connectivity index (χ0v) is 13.2. The summed E-state index contributed by atoms with van der Waals surface area (Å²) in [5, 5.41) is 6.29. The molecule has 114 valence electrons. The van der Waals surface area contributed by atoms with Gasteiger partial charge < -0.3 is 5.73 Å². The molecular weight excluding hydrogens is 310 g/mol. The van der Waals surface area contributed by atoms with E-state index in [1.54, 1.807) is 4.68 Å². The van der Waals surface area contributed by atoms with Crippen molar-refractivity contribution < 1.29 is 8.42 Å². The zero-order chi connectivity index (χ0) is 15.0. The maximum absolute atomic E-state index is 12.4. The van der Waals surface area contributed by atoms with Crippen molar-refractivity contribution in [3.63, 3.8) is 0 Å². The van der Waals surface area contributed by atoms with Crippen LogP contribution in [0.25, 0.3) is 0 Å². The van der Waals surface area contributed by atoms with Crippen molar-refractivity contribution in [3.05, 3.63) is 17.3 Å². The normalized spacial score (nSPS) is 15.3. The van der Waals surface area contributed by atoms with Crippen LogP contribution in [0.3, 0.4) is 0 Å². The van der Waals surface area contributed by atoms with E-state index in [4.69, 9.17) is 5.73 Å². The van der Waals surface area contributed by atoms with E-state index >= 15 is 0 Å². The van der Waals surface area contributed by atoms with Crippen molar-refractivity contribution in [3.8, 4) is 0 Å². The van der Waals surface area contributed by atoms with Gasteiger partial charge in [-0.1, -0.05) is 6.92 Å². The number of sulfonamides is 1. The molecular formula is C12H17N5O2S2. The number of rotatable bonds is 6. The van der Waals surface area contributed by atoms with Crippen LogP contribution in [0.4, 0.5) is 10.9 Å². The minimum atomic E-state index is -3.74. The summed E-state index contributed by atoms with van der Waals surface area (Å²) in [6.45, 7) is 2.61. The molecule has 9 heteroatoms. The van der Waals surface area contributed by atoms with Crippen LogP contribution in [0.2, 0.25) is 0 Å². The third-order valence-corrected chi connectivity index (χ3v) is 5.50.